The van der Waals surface area contributed by atoms with Crippen molar-refractivity contribution < 1.29 is 9.90 Å². The van der Waals surface area contributed by atoms with Crippen LogP contribution in [-0.4, -0.2) is 24.7 Å². The van der Waals surface area contributed by atoms with Gasteiger partial charge in [-0.25, -0.2) is 0 Å². The molecule has 0 heterocycles. The van der Waals surface area contributed by atoms with Gasteiger partial charge in [0.1, 0.15) is 6.54 Å². The molecule has 1 aromatic rings. The van der Waals surface area contributed by atoms with E-state index < -0.39 is 5.97 Å². The summed E-state index contributed by atoms with van der Waals surface area (Å²) in [7, 11) is 1.72. The predicted octanol–water partition coefficient (Wildman–Crippen LogP) is 1.86. The summed E-state index contributed by atoms with van der Waals surface area (Å²) in [6.07, 6.45) is 0. The monoisotopic (exact) mass is 199 g/mol. The molecule has 1 aromatic carbocycles. The highest BCUT2D eigenvalue weighted by Crippen LogP contribution is 2.16. The first kappa shape index (κ1) is 9.86. The summed E-state index contributed by atoms with van der Waals surface area (Å²) in [5, 5.41) is 9.18. The van der Waals surface area contributed by atoms with Crippen molar-refractivity contribution in [1.29, 1.82) is 0 Å². The quantitative estimate of drug-likeness (QED) is 0.808. The van der Waals surface area contributed by atoms with Crippen LogP contribution in [0.5, 0.6) is 0 Å². The third kappa shape index (κ3) is 2.95. The Morgan fingerprint density at radius 2 is 2.00 bits per heavy atom. The number of likely N-dealkylation sites (N-methyl/N-ethyl adjacent to an activating group) is 1. The largest absolute Gasteiger partial charge is 0.480 e. The van der Waals surface area contributed by atoms with Crippen molar-refractivity contribution in [3.8, 4) is 0 Å². The number of anilines is 1. The van der Waals surface area contributed by atoms with Crippen LogP contribution in [0.4, 0.5) is 5.69 Å². The second-order valence-electron chi connectivity index (χ2n) is 2.73. The highest BCUT2D eigenvalue weighted by atomic mass is 35.5. The van der Waals surface area contributed by atoms with E-state index in [1.165, 1.54) is 0 Å². The number of carboxylic acid groups (broad SMARTS) is 1. The van der Waals surface area contributed by atoms with Crippen molar-refractivity contribution >= 4 is 23.3 Å². The maximum absolute atomic E-state index is 10.4. The van der Waals surface area contributed by atoms with E-state index in [0.717, 1.165) is 5.69 Å². The zero-order valence-electron chi connectivity index (χ0n) is 7.20. The van der Waals surface area contributed by atoms with Crippen molar-refractivity contribution in [3.63, 3.8) is 0 Å². The number of nitrogens with zero attached hydrogens (tertiary/aromatic N) is 1. The molecular formula is C9H10ClNO2. The minimum atomic E-state index is -0.850. The topological polar surface area (TPSA) is 40.5 Å². The molecule has 0 bridgehead atoms. The molecule has 0 saturated carbocycles. The lowest BCUT2D eigenvalue weighted by Gasteiger charge is -2.16. The molecule has 13 heavy (non-hydrogen) atoms. The number of carbonyl (C=O) groups is 1. The zero-order chi connectivity index (χ0) is 9.84. The molecule has 0 amide bonds. The predicted molar refractivity (Wildman–Crippen MR) is 52.4 cm³/mol. The van der Waals surface area contributed by atoms with Crippen LogP contribution in [-0.2, 0) is 4.79 Å². The minimum absolute atomic E-state index is 0.0123. The molecule has 0 radical (unpaired) electrons. The SMILES string of the molecule is CN(CC(=O)O)c1ccc(Cl)cc1. The number of halogens is 1. The highest BCUT2D eigenvalue weighted by molar-refractivity contribution is 6.30. The Hall–Kier alpha value is -1.22. The van der Waals surface area contributed by atoms with Crippen LogP contribution in [0.1, 0.15) is 0 Å². The molecule has 0 saturated heterocycles. The van der Waals surface area contributed by atoms with Gasteiger partial charge >= 0.3 is 5.97 Å². The fourth-order valence-corrected chi connectivity index (χ4v) is 1.12. The van der Waals surface area contributed by atoms with E-state index in [9.17, 15) is 4.79 Å². The summed E-state index contributed by atoms with van der Waals surface area (Å²) in [6.45, 7) is -0.0123. The van der Waals surface area contributed by atoms with Crippen molar-refractivity contribution in [1.82, 2.24) is 0 Å². The number of benzene rings is 1. The number of hydrogen-bond acceptors (Lipinski definition) is 2. The molecule has 0 atom stereocenters. The van der Waals surface area contributed by atoms with Crippen LogP contribution in [0, 0.1) is 0 Å². The van der Waals surface area contributed by atoms with Gasteiger partial charge in [0, 0.05) is 17.8 Å². The van der Waals surface area contributed by atoms with E-state index in [1.54, 1.807) is 36.2 Å². The normalized spacial score (nSPS) is 9.69. The molecule has 0 aliphatic carbocycles. The summed E-state index contributed by atoms with van der Waals surface area (Å²) < 4.78 is 0. The summed E-state index contributed by atoms with van der Waals surface area (Å²) in [5.41, 5.74) is 0.840. The first-order chi connectivity index (χ1) is 6.09. The van der Waals surface area contributed by atoms with Gasteiger partial charge in [-0.2, -0.15) is 0 Å². The van der Waals surface area contributed by atoms with E-state index in [-0.39, 0.29) is 6.54 Å². The number of hydrogen-bond donors (Lipinski definition) is 1. The van der Waals surface area contributed by atoms with Crippen molar-refractivity contribution in [2.24, 2.45) is 0 Å². The number of carboxylic acids is 1. The van der Waals surface area contributed by atoms with Crippen LogP contribution in [0.15, 0.2) is 24.3 Å². The second kappa shape index (κ2) is 4.14. The van der Waals surface area contributed by atoms with Gasteiger partial charge in [-0.1, -0.05) is 11.6 Å². The number of aliphatic carboxylic acids is 1. The summed E-state index contributed by atoms with van der Waals surface area (Å²) in [4.78, 5) is 12.0. The molecule has 70 valence electrons. The summed E-state index contributed by atoms with van der Waals surface area (Å²) in [5.74, 6) is -0.850. The molecular weight excluding hydrogens is 190 g/mol. The molecule has 0 fully saturated rings. The van der Waals surface area contributed by atoms with Gasteiger partial charge in [0.25, 0.3) is 0 Å². The maximum Gasteiger partial charge on any atom is 0.323 e. The van der Waals surface area contributed by atoms with Gasteiger partial charge in [0.05, 0.1) is 0 Å². The lowest BCUT2D eigenvalue weighted by atomic mass is 10.3. The van der Waals surface area contributed by atoms with Gasteiger partial charge < -0.3 is 10.0 Å². The Labute approximate surface area is 81.5 Å². The molecule has 0 unspecified atom stereocenters. The van der Waals surface area contributed by atoms with Crippen LogP contribution >= 0.6 is 11.6 Å². The van der Waals surface area contributed by atoms with Gasteiger partial charge in [0.2, 0.25) is 0 Å². The Kier molecular flexibility index (Phi) is 3.14. The van der Waals surface area contributed by atoms with E-state index >= 15 is 0 Å². The van der Waals surface area contributed by atoms with Gasteiger partial charge in [0.15, 0.2) is 0 Å². The Balaban J connectivity index is 2.71. The molecule has 1 rings (SSSR count). The third-order valence-electron chi connectivity index (χ3n) is 1.64. The van der Waals surface area contributed by atoms with Crippen LogP contribution in [0.2, 0.25) is 5.02 Å². The second-order valence-corrected chi connectivity index (χ2v) is 3.16. The Morgan fingerprint density at radius 3 is 2.46 bits per heavy atom. The summed E-state index contributed by atoms with van der Waals surface area (Å²) in [6, 6.07) is 7.03. The van der Waals surface area contributed by atoms with Gasteiger partial charge in [-0.05, 0) is 24.3 Å². The molecule has 0 aliphatic heterocycles. The average molecular weight is 200 g/mol. The standard InChI is InChI=1S/C9H10ClNO2/c1-11(6-9(12)13)8-4-2-7(10)3-5-8/h2-5H,6H2,1H3,(H,12,13). The molecule has 0 aliphatic rings. The number of rotatable bonds is 3. The Morgan fingerprint density at radius 1 is 1.46 bits per heavy atom. The first-order valence-corrected chi connectivity index (χ1v) is 4.16. The van der Waals surface area contributed by atoms with E-state index in [1.807, 2.05) is 0 Å². The van der Waals surface area contributed by atoms with Gasteiger partial charge in [-0.15, -0.1) is 0 Å². The van der Waals surface area contributed by atoms with E-state index in [2.05, 4.69) is 0 Å². The molecule has 0 aromatic heterocycles. The maximum atomic E-state index is 10.4. The fourth-order valence-electron chi connectivity index (χ4n) is 0.990. The highest BCUT2D eigenvalue weighted by Gasteiger charge is 2.04. The van der Waals surface area contributed by atoms with Crippen molar-refractivity contribution in [2.45, 2.75) is 0 Å². The third-order valence-corrected chi connectivity index (χ3v) is 1.89. The average Bonchev–Trinajstić information content (AvgIpc) is 2.04. The van der Waals surface area contributed by atoms with Crippen molar-refractivity contribution in [2.75, 3.05) is 18.5 Å². The lowest BCUT2D eigenvalue weighted by molar-refractivity contribution is -0.135. The van der Waals surface area contributed by atoms with Crippen LogP contribution in [0.25, 0.3) is 0 Å². The van der Waals surface area contributed by atoms with E-state index in [4.69, 9.17) is 16.7 Å². The summed E-state index contributed by atoms with van der Waals surface area (Å²) >= 11 is 5.69. The minimum Gasteiger partial charge on any atom is -0.480 e. The molecule has 3 nitrogen and oxygen atoms in total. The van der Waals surface area contributed by atoms with Gasteiger partial charge in [-0.3, -0.25) is 4.79 Å². The molecule has 1 N–H and O–H groups in total. The van der Waals surface area contributed by atoms with Crippen molar-refractivity contribution in [3.05, 3.63) is 29.3 Å². The van der Waals surface area contributed by atoms with Crippen LogP contribution < -0.4 is 4.90 Å². The molecule has 4 heteroatoms. The smallest absolute Gasteiger partial charge is 0.323 e. The molecule has 0 spiro atoms. The Bertz CT molecular complexity index is 297. The van der Waals surface area contributed by atoms with Crippen LogP contribution in [0.3, 0.4) is 0 Å². The zero-order valence-corrected chi connectivity index (χ0v) is 7.95. The lowest BCUT2D eigenvalue weighted by Crippen LogP contribution is -2.24. The first-order valence-electron chi connectivity index (χ1n) is 3.78. The fraction of sp³-hybridized carbons (Fsp3) is 0.222. The van der Waals surface area contributed by atoms with E-state index in [0.29, 0.717) is 5.02 Å².